The van der Waals surface area contributed by atoms with Crippen molar-refractivity contribution in [3.8, 4) is 0 Å². The summed E-state index contributed by atoms with van der Waals surface area (Å²) in [5, 5.41) is 12.8. The van der Waals surface area contributed by atoms with Crippen LogP contribution in [0, 0.1) is 0 Å². The van der Waals surface area contributed by atoms with Crippen molar-refractivity contribution in [1.29, 1.82) is 0 Å². The van der Waals surface area contributed by atoms with E-state index in [-0.39, 0.29) is 11.9 Å². The highest BCUT2D eigenvalue weighted by molar-refractivity contribution is 6.07. The van der Waals surface area contributed by atoms with Crippen LogP contribution in [0.5, 0.6) is 0 Å². The SMILES string of the molecule is Cn1cc(C(=O)NC2CCN(c3ccc(C(=O)NO)cn3)CC2)c2ccccc21. The highest BCUT2D eigenvalue weighted by Crippen LogP contribution is 2.22. The average Bonchev–Trinajstić information content (AvgIpc) is 3.11. The van der Waals surface area contributed by atoms with Crippen molar-refractivity contribution in [3.63, 3.8) is 0 Å². The summed E-state index contributed by atoms with van der Waals surface area (Å²) >= 11 is 0. The smallest absolute Gasteiger partial charge is 0.276 e. The van der Waals surface area contributed by atoms with Crippen LogP contribution >= 0.6 is 0 Å². The minimum absolute atomic E-state index is 0.0438. The fourth-order valence-corrected chi connectivity index (χ4v) is 3.81. The highest BCUT2D eigenvalue weighted by atomic mass is 16.5. The van der Waals surface area contributed by atoms with Crippen molar-refractivity contribution in [3.05, 3.63) is 59.9 Å². The Hall–Kier alpha value is -3.39. The second-order valence-corrected chi connectivity index (χ2v) is 7.25. The van der Waals surface area contributed by atoms with Gasteiger partial charge in [0, 0.05) is 49.5 Å². The Balaban J connectivity index is 1.37. The van der Waals surface area contributed by atoms with Gasteiger partial charge in [0.25, 0.3) is 11.8 Å². The number of nitrogens with one attached hydrogen (secondary N) is 2. The molecule has 8 heteroatoms. The molecule has 2 amide bonds. The van der Waals surface area contributed by atoms with Crippen molar-refractivity contribution in [1.82, 2.24) is 20.3 Å². The second-order valence-electron chi connectivity index (χ2n) is 7.25. The molecule has 0 saturated carbocycles. The van der Waals surface area contributed by atoms with E-state index in [2.05, 4.69) is 15.2 Å². The Morgan fingerprint density at radius 1 is 1.10 bits per heavy atom. The van der Waals surface area contributed by atoms with Crippen LogP contribution in [0.4, 0.5) is 5.82 Å². The molecule has 3 heterocycles. The summed E-state index contributed by atoms with van der Waals surface area (Å²) in [6.45, 7) is 1.53. The number of para-hydroxylation sites is 1. The van der Waals surface area contributed by atoms with Crippen molar-refractivity contribution in [2.75, 3.05) is 18.0 Å². The predicted molar refractivity (Wildman–Crippen MR) is 109 cm³/mol. The number of aryl methyl sites for hydroxylation is 1. The predicted octanol–water partition coefficient (Wildman–Crippen LogP) is 2.09. The third-order valence-corrected chi connectivity index (χ3v) is 5.41. The molecule has 4 rings (SSSR count). The number of hydroxylamine groups is 1. The molecule has 0 atom stereocenters. The normalized spacial score (nSPS) is 14.8. The Kier molecular flexibility index (Phi) is 5.18. The lowest BCUT2D eigenvalue weighted by Crippen LogP contribution is -2.45. The molecule has 29 heavy (non-hydrogen) atoms. The van der Waals surface area contributed by atoms with Crippen LogP contribution < -0.4 is 15.7 Å². The number of carbonyl (C=O) groups is 2. The highest BCUT2D eigenvalue weighted by Gasteiger charge is 2.23. The topological polar surface area (TPSA) is 99.5 Å². The van der Waals surface area contributed by atoms with Gasteiger partial charge in [0.15, 0.2) is 0 Å². The van der Waals surface area contributed by atoms with Gasteiger partial charge in [-0.2, -0.15) is 0 Å². The molecule has 1 aromatic carbocycles. The van der Waals surface area contributed by atoms with Crippen LogP contribution in [-0.2, 0) is 7.05 Å². The molecule has 1 fully saturated rings. The zero-order chi connectivity index (χ0) is 20.4. The maximum Gasteiger partial charge on any atom is 0.276 e. The number of aromatic nitrogens is 2. The van der Waals surface area contributed by atoms with E-state index in [0.717, 1.165) is 42.7 Å². The van der Waals surface area contributed by atoms with Gasteiger partial charge in [-0.1, -0.05) is 18.2 Å². The molecule has 1 aliphatic rings. The number of hydrogen-bond donors (Lipinski definition) is 3. The Bertz CT molecular complexity index is 1040. The zero-order valence-corrected chi connectivity index (χ0v) is 16.1. The van der Waals surface area contributed by atoms with Crippen molar-refractivity contribution >= 4 is 28.5 Å². The lowest BCUT2D eigenvalue weighted by molar-refractivity contribution is 0.0706. The summed E-state index contributed by atoms with van der Waals surface area (Å²) in [4.78, 5) is 30.6. The molecule has 1 saturated heterocycles. The molecule has 3 aromatic rings. The van der Waals surface area contributed by atoms with E-state index in [0.29, 0.717) is 11.1 Å². The zero-order valence-electron chi connectivity index (χ0n) is 16.1. The maximum absolute atomic E-state index is 12.8. The second kappa shape index (κ2) is 7.92. The number of amides is 2. The molecule has 0 aliphatic carbocycles. The van der Waals surface area contributed by atoms with Gasteiger partial charge in [0.2, 0.25) is 0 Å². The molecular weight excluding hydrogens is 370 g/mol. The fourth-order valence-electron chi connectivity index (χ4n) is 3.81. The summed E-state index contributed by atoms with van der Waals surface area (Å²) in [5.74, 6) is 0.148. The number of fused-ring (bicyclic) bond motifs is 1. The van der Waals surface area contributed by atoms with E-state index in [9.17, 15) is 9.59 Å². The van der Waals surface area contributed by atoms with Crippen molar-refractivity contribution in [2.24, 2.45) is 7.05 Å². The largest absolute Gasteiger partial charge is 0.356 e. The van der Waals surface area contributed by atoms with Gasteiger partial charge in [0.1, 0.15) is 5.82 Å². The molecule has 1 aliphatic heterocycles. The molecule has 3 N–H and O–H groups in total. The van der Waals surface area contributed by atoms with Crippen LogP contribution in [0.25, 0.3) is 10.9 Å². The summed E-state index contributed by atoms with van der Waals surface area (Å²) in [7, 11) is 1.94. The lowest BCUT2D eigenvalue weighted by Gasteiger charge is -2.33. The minimum atomic E-state index is -0.584. The van der Waals surface area contributed by atoms with Gasteiger partial charge in [-0.05, 0) is 31.0 Å². The van der Waals surface area contributed by atoms with Crippen LogP contribution in [0.3, 0.4) is 0 Å². The standard InChI is InChI=1S/C21H23N5O3/c1-25-13-17(16-4-2-3-5-18(16)25)21(28)23-15-8-10-26(11-9-15)19-7-6-14(12-22-19)20(27)24-29/h2-7,12-13,15,29H,8-11H2,1H3,(H,23,28)(H,24,27). The summed E-state index contributed by atoms with van der Waals surface area (Å²) in [6, 6.07) is 11.4. The molecule has 150 valence electrons. The molecule has 0 bridgehead atoms. The number of pyridine rings is 1. The van der Waals surface area contributed by atoms with Gasteiger partial charge in [0.05, 0.1) is 11.1 Å². The van der Waals surface area contributed by atoms with Gasteiger partial charge in [-0.25, -0.2) is 10.5 Å². The van der Waals surface area contributed by atoms with Crippen LogP contribution in [0.1, 0.15) is 33.6 Å². The Morgan fingerprint density at radius 2 is 1.86 bits per heavy atom. The van der Waals surface area contributed by atoms with E-state index in [1.165, 1.54) is 6.20 Å². The number of hydrogen-bond acceptors (Lipinski definition) is 5. The number of nitrogens with zero attached hydrogens (tertiary/aromatic N) is 3. The van der Waals surface area contributed by atoms with Crippen LogP contribution in [0.2, 0.25) is 0 Å². The molecule has 0 radical (unpaired) electrons. The summed E-state index contributed by atoms with van der Waals surface area (Å²) in [5.41, 5.74) is 3.63. The number of rotatable bonds is 4. The minimum Gasteiger partial charge on any atom is -0.356 e. The van der Waals surface area contributed by atoms with Crippen molar-refractivity contribution < 1.29 is 14.8 Å². The average molecular weight is 393 g/mol. The summed E-state index contributed by atoms with van der Waals surface area (Å²) < 4.78 is 1.97. The monoisotopic (exact) mass is 393 g/mol. The number of piperidine rings is 1. The molecule has 0 spiro atoms. The number of benzene rings is 1. The van der Waals surface area contributed by atoms with Gasteiger partial charge in [-0.15, -0.1) is 0 Å². The lowest BCUT2D eigenvalue weighted by atomic mass is 10.0. The van der Waals surface area contributed by atoms with E-state index < -0.39 is 5.91 Å². The van der Waals surface area contributed by atoms with Gasteiger partial charge in [-0.3, -0.25) is 14.8 Å². The van der Waals surface area contributed by atoms with Crippen molar-refractivity contribution in [2.45, 2.75) is 18.9 Å². The van der Waals surface area contributed by atoms with E-state index in [1.807, 2.05) is 42.1 Å². The quantitative estimate of drug-likeness (QED) is 0.466. The van der Waals surface area contributed by atoms with Crippen LogP contribution in [-0.4, -0.2) is 45.7 Å². The van der Waals surface area contributed by atoms with E-state index in [1.54, 1.807) is 17.6 Å². The Labute approximate surface area is 168 Å². The molecule has 2 aromatic heterocycles. The third-order valence-electron chi connectivity index (χ3n) is 5.41. The fraction of sp³-hybridized carbons (Fsp3) is 0.286. The molecule has 8 nitrogen and oxygen atoms in total. The molecule has 0 unspecified atom stereocenters. The first kappa shape index (κ1) is 18.9. The third kappa shape index (κ3) is 3.79. The van der Waals surface area contributed by atoms with Crippen LogP contribution in [0.15, 0.2) is 48.8 Å². The molecular formula is C21H23N5O3. The van der Waals surface area contributed by atoms with E-state index in [4.69, 9.17) is 5.21 Å². The van der Waals surface area contributed by atoms with Gasteiger partial charge < -0.3 is 14.8 Å². The number of carbonyl (C=O) groups excluding carboxylic acids is 2. The first-order valence-electron chi connectivity index (χ1n) is 9.57. The first-order valence-corrected chi connectivity index (χ1v) is 9.57. The van der Waals surface area contributed by atoms with E-state index >= 15 is 0 Å². The Morgan fingerprint density at radius 3 is 2.55 bits per heavy atom. The number of anilines is 1. The summed E-state index contributed by atoms with van der Waals surface area (Å²) in [6.07, 6.45) is 4.95. The first-order chi connectivity index (χ1) is 14.1. The maximum atomic E-state index is 12.8. The van der Waals surface area contributed by atoms with Gasteiger partial charge >= 0.3 is 0 Å².